The van der Waals surface area contributed by atoms with Crippen molar-refractivity contribution in [2.24, 2.45) is 5.10 Å². The average Bonchev–Trinajstić information content (AvgIpc) is 3.18. The van der Waals surface area contributed by atoms with Crippen LogP contribution in [0.3, 0.4) is 0 Å². The Labute approximate surface area is 160 Å². The first-order valence-electron chi connectivity index (χ1n) is 7.62. The number of hydrazone groups is 1. The third-order valence-corrected chi connectivity index (χ3v) is 3.42. The highest BCUT2D eigenvalue weighted by atomic mass is 35.5. The minimum Gasteiger partial charge on any atom is -0.493 e. The van der Waals surface area contributed by atoms with Crippen LogP contribution in [0.15, 0.2) is 40.0 Å². The molecule has 0 aliphatic rings. The summed E-state index contributed by atoms with van der Waals surface area (Å²) >= 11 is 6.14. The molecule has 0 aliphatic heterocycles. The third kappa shape index (κ3) is 5.80. The normalized spacial score (nSPS) is 10.3. The van der Waals surface area contributed by atoms with Gasteiger partial charge in [-0.1, -0.05) is 17.5 Å². The van der Waals surface area contributed by atoms with Gasteiger partial charge in [-0.2, -0.15) is 5.10 Å². The van der Waals surface area contributed by atoms with Crippen molar-refractivity contribution >= 4 is 29.6 Å². The molecule has 1 aromatic carbocycles. The van der Waals surface area contributed by atoms with E-state index in [0.29, 0.717) is 22.8 Å². The van der Waals surface area contributed by atoms with Gasteiger partial charge in [0, 0.05) is 0 Å². The second-order valence-corrected chi connectivity index (χ2v) is 5.40. The van der Waals surface area contributed by atoms with E-state index < -0.39 is 11.8 Å². The molecule has 140 valence electrons. The number of halogens is 1. The lowest BCUT2D eigenvalue weighted by Gasteiger charge is -2.11. The molecule has 0 spiro atoms. The maximum atomic E-state index is 11.7. The number of amides is 2. The van der Waals surface area contributed by atoms with Crippen molar-refractivity contribution in [2.75, 3.05) is 13.7 Å². The van der Waals surface area contributed by atoms with E-state index in [-0.39, 0.29) is 18.2 Å². The lowest BCUT2D eigenvalue weighted by molar-refractivity contribution is -0.139. The van der Waals surface area contributed by atoms with Crippen LogP contribution in [0.4, 0.5) is 0 Å². The summed E-state index contributed by atoms with van der Waals surface area (Å²) in [7, 11) is 1.44. The van der Waals surface area contributed by atoms with E-state index >= 15 is 0 Å². The Morgan fingerprint density at radius 2 is 2.22 bits per heavy atom. The first-order chi connectivity index (χ1) is 13.0. The van der Waals surface area contributed by atoms with Crippen LogP contribution in [0.25, 0.3) is 0 Å². The van der Waals surface area contributed by atoms with Gasteiger partial charge >= 0.3 is 11.8 Å². The highest BCUT2D eigenvalue weighted by Crippen LogP contribution is 2.35. The summed E-state index contributed by atoms with van der Waals surface area (Å²) in [5.41, 5.74) is 2.63. The fraction of sp³-hybridized carbons (Fsp3) is 0.167. The smallest absolute Gasteiger partial charge is 0.329 e. The van der Waals surface area contributed by atoms with E-state index in [9.17, 15) is 9.59 Å². The summed E-state index contributed by atoms with van der Waals surface area (Å²) in [6, 6.07) is 6.48. The molecule has 0 bridgehead atoms. The minimum atomic E-state index is -0.926. The summed E-state index contributed by atoms with van der Waals surface area (Å²) in [6.45, 7) is 0.127. The van der Waals surface area contributed by atoms with Crippen molar-refractivity contribution in [1.29, 1.82) is 0 Å². The SMILES string of the molecule is C#CCOc1c(Cl)cc(/C=N\NC(=O)C(=O)NCc2ccco2)cc1OC. The number of hydrogen-bond donors (Lipinski definition) is 2. The van der Waals surface area contributed by atoms with Gasteiger partial charge in [-0.25, -0.2) is 5.43 Å². The largest absolute Gasteiger partial charge is 0.493 e. The number of carbonyl (C=O) groups excluding carboxylic acids is 2. The van der Waals surface area contributed by atoms with Gasteiger partial charge in [-0.05, 0) is 29.8 Å². The number of benzene rings is 1. The Morgan fingerprint density at radius 3 is 2.89 bits per heavy atom. The topological polar surface area (TPSA) is 102 Å². The van der Waals surface area contributed by atoms with E-state index in [1.54, 1.807) is 24.3 Å². The molecule has 0 atom stereocenters. The van der Waals surface area contributed by atoms with Gasteiger partial charge in [0.15, 0.2) is 11.5 Å². The number of ether oxygens (including phenoxy) is 2. The maximum absolute atomic E-state index is 11.7. The number of methoxy groups -OCH3 is 1. The van der Waals surface area contributed by atoms with Gasteiger partial charge in [0.05, 0.1) is 31.2 Å². The number of nitrogens with one attached hydrogen (secondary N) is 2. The second kappa shape index (κ2) is 9.89. The third-order valence-electron chi connectivity index (χ3n) is 3.14. The highest BCUT2D eigenvalue weighted by Gasteiger charge is 2.13. The molecule has 0 fully saturated rings. The quantitative estimate of drug-likeness (QED) is 0.325. The van der Waals surface area contributed by atoms with Crippen molar-refractivity contribution in [3.05, 3.63) is 46.9 Å². The molecule has 9 heteroatoms. The molecule has 2 aromatic rings. The van der Waals surface area contributed by atoms with Gasteiger partial charge in [0.25, 0.3) is 0 Å². The molecule has 0 radical (unpaired) electrons. The number of terminal acetylenes is 1. The summed E-state index contributed by atoms with van der Waals surface area (Å²) in [4.78, 5) is 23.4. The van der Waals surface area contributed by atoms with Crippen LogP contribution < -0.4 is 20.2 Å². The second-order valence-electron chi connectivity index (χ2n) is 4.99. The Balaban J connectivity index is 1.94. The van der Waals surface area contributed by atoms with Crippen LogP contribution in [-0.2, 0) is 16.1 Å². The number of rotatable bonds is 7. The molecule has 0 unspecified atom stereocenters. The average molecular weight is 390 g/mol. The molecule has 0 saturated carbocycles. The van der Waals surface area contributed by atoms with E-state index in [4.69, 9.17) is 31.9 Å². The van der Waals surface area contributed by atoms with Gasteiger partial charge < -0.3 is 19.2 Å². The zero-order valence-corrected chi connectivity index (χ0v) is 15.1. The molecule has 27 heavy (non-hydrogen) atoms. The minimum absolute atomic E-state index is 0.0344. The van der Waals surface area contributed by atoms with Crippen molar-refractivity contribution in [3.63, 3.8) is 0 Å². The van der Waals surface area contributed by atoms with Crippen LogP contribution >= 0.6 is 11.6 Å². The van der Waals surface area contributed by atoms with Crippen LogP contribution in [-0.4, -0.2) is 31.7 Å². The van der Waals surface area contributed by atoms with Crippen molar-refractivity contribution in [1.82, 2.24) is 10.7 Å². The van der Waals surface area contributed by atoms with Crippen molar-refractivity contribution in [3.8, 4) is 23.8 Å². The Kier molecular flexibility index (Phi) is 7.28. The predicted octanol–water partition coefficient (Wildman–Crippen LogP) is 1.72. The van der Waals surface area contributed by atoms with Gasteiger partial charge in [0.1, 0.15) is 12.4 Å². The van der Waals surface area contributed by atoms with Crippen LogP contribution in [0.2, 0.25) is 5.02 Å². The van der Waals surface area contributed by atoms with Crippen LogP contribution in [0, 0.1) is 12.3 Å². The Hall–Kier alpha value is -3.44. The van der Waals surface area contributed by atoms with E-state index in [1.165, 1.54) is 19.6 Å². The monoisotopic (exact) mass is 389 g/mol. The van der Waals surface area contributed by atoms with Gasteiger partial charge in [0.2, 0.25) is 0 Å². The molecule has 0 saturated heterocycles. The number of hydrogen-bond acceptors (Lipinski definition) is 6. The van der Waals surface area contributed by atoms with Crippen LogP contribution in [0.5, 0.6) is 11.5 Å². The first-order valence-corrected chi connectivity index (χ1v) is 8.00. The zero-order chi connectivity index (χ0) is 19.6. The molecule has 2 N–H and O–H groups in total. The number of carbonyl (C=O) groups is 2. The Bertz CT molecular complexity index is 872. The van der Waals surface area contributed by atoms with E-state index in [1.807, 2.05) is 0 Å². The first kappa shape index (κ1) is 19.9. The van der Waals surface area contributed by atoms with E-state index in [2.05, 4.69) is 21.8 Å². The standard InChI is InChI=1S/C18H16ClN3O5/c1-3-6-27-16-14(19)8-12(9-15(16)25-2)10-21-22-18(24)17(23)20-11-13-5-4-7-26-13/h1,4-5,7-10H,6,11H2,2H3,(H,20,23)(H,22,24)/b21-10-. The highest BCUT2D eigenvalue weighted by molar-refractivity contribution is 6.35. The fourth-order valence-corrected chi connectivity index (χ4v) is 2.22. The molecular formula is C18H16ClN3O5. The lowest BCUT2D eigenvalue weighted by Crippen LogP contribution is -2.37. The van der Waals surface area contributed by atoms with Gasteiger partial charge in [-0.15, -0.1) is 6.42 Å². The van der Waals surface area contributed by atoms with Crippen LogP contribution in [0.1, 0.15) is 11.3 Å². The Morgan fingerprint density at radius 1 is 1.41 bits per heavy atom. The number of furan rings is 1. The predicted molar refractivity (Wildman–Crippen MR) is 98.6 cm³/mol. The summed E-state index contributed by atoms with van der Waals surface area (Å²) < 4.78 is 15.6. The molecule has 0 aliphatic carbocycles. The maximum Gasteiger partial charge on any atom is 0.329 e. The van der Waals surface area contributed by atoms with Gasteiger partial charge in [-0.3, -0.25) is 9.59 Å². The molecule has 8 nitrogen and oxygen atoms in total. The fourth-order valence-electron chi connectivity index (χ4n) is 1.95. The molecule has 2 rings (SSSR count). The summed E-state index contributed by atoms with van der Waals surface area (Å²) in [5.74, 6) is 1.73. The lowest BCUT2D eigenvalue weighted by atomic mass is 10.2. The molecule has 1 aromatic heterocycles. The van der Waals surface area contributed by atoms with Crippen molar-refractivity contribution < 1.29 is 23.5 Å². The van der Waals surface area contributed by atoms with E-state index in [0.717, 1.165) is 0 Å². The zero-order valence-electron chi connectivity index (χ0n) is 14.3. The molecular weight excluding hydrogens is 374 g/mol. The van der Waals surface area contributed by atoms with Crippen molar-refractivity contribution in [2.45, 2.75) is 6.54 Å². The molecule has 1 heterocycles. The molecule has 2 amide bonds. The summed E-state index contributed by atoms with van der Waals surface area (Å²) in [5, 5.41) is 6.37. The summed E-state index contributed by atoms with van der Waals surface area (Å²) in [6.07, 6.45) is 7.93. The number of nitrogens with zero attached hydrogens (tertiary/aromatic N) is 1.